The van der Waals surface area contributed by atoms with E-state index in [1.54, 1.807) is 6.21 Å². The zero-order valence-corrected chi connectivity index (χ0v) is 10.3. The largest absolute Gasteiger partial charge is 0.323 e. The van der Waals surface area contributed by atoms with Crippen LogP contribution in [0.15, 0.2) is 29.4 Å². The molecule has 1 aliphatic rings. The van der Waals surface area contributed by atoms with Crippen molar-refractivity contribution in [2.45, 2.75) is 6.54 Å². The summed E-state index contributed by atoms with van der Waals surface area (Å²) in [6.07, 6.45) is 1.67. The molecule has 1 saturated heterocycles. The Morgan fingerprint density at radius 2 is 1.82 bits per heavy atom. The van der Waals surface area contributed by atoms with Crippen LogP contribution in [0.4, 0.5) is 0 Å². The van der Waals surface area contributed by atoms with E-state index in [0.29, 0.717) is 0 Å². The second-order valence-electron chi connectivity index (χ2n) is 4.60. The summed E-state index contributed by atoms with van der Waals surface area (Å²) in [5.41, 5.74) is 2.40. The molecule has 0 unspecified atom stereocenters. The standard InChI is InChI=1S/C13H20N4/c1-16-6-8-17(9-7-16)11-13-4-2-12(3-5-13)10-15-14/h2-5,10H,6-9,11,14H2,1H3. The second-order valence-corrected chi connectivity index (χ2v) is 4.60. The molecule has 92 valence electrons. The highest BCUT2D eigenvalue weighted by Crippen LogP contribution is 2.08. The lowest BCUT2D eigenvalue weighted by Crippen LogP contribution is -2.43. The molecule has 1 aliphatic heterocycles. The van der Waals surface area contributed by atoms with Gasteiger partial charge in [-0.25, -0.2) is 0 Å². The predicted molar refractivity (Wildman–Crippen MR) is 71.0 cm³/mol. The van der Waals surface area contributed by atoms with E-state index in [1.165, 1.54) is 5.56 Å². The Kier molecular flexibility index (Phi) is 4.12. The summed E-state index contributed by atoms with van der Waals surface area (Å²) >= 11 is 0. The summed E-state index contributed by atoms with van der Waals surface area (Å²) in [5, 5.41) is 3.52. The molecule has 0 atom stereocenters. The molecule has 1 aromatic rings. The van der Waals surface area contributed by atoms with Crippen molar-refractivity contribution in [3.05, 3.63) is 35.4 Å². The second kappa shape index (κ2) is 5.80. The number of nitrogens with two attached hydrogens (primary N) is 1. The smallest absolute Gasteiger partial charge is 0.0538 e. The van der Waals surface area contributed by atoms with Crippen LogP contribution in [0.1, 0.15) is 11.1 Å². The Labute approximate surface area is 103 Å². The van der Waals surface area contributed by atoms with Crippen LogP contribution in [0.5, 0.6) is 0 Å². The van der Waals surface area contributed by atoms with Crippen molar-refractivity contribution in [3.8, 4) is 0 Å². The van der Waals surface area contributed by atoms with Crippen LogP contribution in [0.3, 0.4) is 0 Å². The van der Waals surface area contributed by atoms with Crippen molar-refractivity contribution in [2.75, 3.05) is 33.2 Å². The Bertz CT molecular complexity index is 364. The molecule has 0 bridgehead atoms. The number of hydrogen-bond acceptors (Lipinski definition) is 4. The zero-order valence-electron chi connectivity index (χ0n) is 10.3. The number of hydrogen-bond donors (Lipinski definition) is 1. The summed E-state index contributed by atoms with van der Waals surface area (Å²) in [4.78, 5) is 4.86. The molecule has 0 amide bonds. The number of nitrogens with zero attached hydrogens (tertiary/aromatic N) is 3. The number of hydrazone groups is 1. The highest BCUT2D eigenvalue weighted by molar-refractivity contribution is 5.79. The molecule has 4 heteroatoms. The minimum Gasteiger partial charge on any atom is -0.323 e. The molecule has 2 N–H and O–H groups in total. The van der Waals surface area contributed by atoms with Gasteiger partial charge in [-0.05, 0) is 18.2 Å². The van der Waals surface area contributed by atoms with Gasteiger partial charge in [0.15, 0.2) is 0 Å². The van der Waals surface area contributed by atoms with Gasteiger partial charge < -0.3 is 10.7 Å². The van der Waals surface area contributed by atoms with E-state index < -0.39 is 0 Å². The first-order chi connectivity index (χ1) is 8.28. The fraction of sp³-hybridized carbons (Fsp3) is 0.462. The molecule has 0 radical (unpaired) electrons. The Morgan fingerprint density at radius 1 is 1.18 bits per heavy atom. The van der Waals surface area contributed by atoms with E-state index >= 15 is 0 Å². The van der Waals surface area contributed by atoms with Crippen LogP contribution in [0, 0.1) is 0 Å². The van der Waals surface area contributed by atoms with Gasteiger partial charge in [0.2, 0.25) is 0 Å². The van der Waals surface area contributed by atoms with Crippen LogP contribution >= 0.6 is 0 Å². The van der Waals surface area contributed by atoms with E-state index in [2.05, 4.69) is 46.2 Å². The maximum Gasteiger partial charge on any atom is 0.0538 e. The molecule has 0 saturated carbocycles. The Morgan fingerprint density at radius 3 is 2.41 bits per heavy atom. The average molecular weight is 232 g/mol. The van der Waals surface area contributed by atoms with Gasteiger partial charge in [0.1, 0.15) is 0 Å². The van der Waals surface area contributed by atoms with Crippen LogP contribution in [-0.4, -0.2) is 49.2 Å². The maximum atomic E-state index is 5.12. The first-order valence-electron chi connectivity index (χ1n) is 6.01. The maximum absolute atomic E-state index is 5.12. The van der Waals surface area contributed by atoms with Crippen molar-refractivity contribution < 1.29 is 0 Å². The molecule has 0 spiro atoms. The third-order valence-corrected chi connectivity index (χ3v) is 3.21. The van der Waals surface area contributed by atoms with E-state index in [4.69, 9.17) is 5.84 Å². The van der Waals surface area contributed by atoms with Crippen molar-refractivity contribution in [3.63, 3.8) is 0 Å². The fourth-order valence-corrected chi connectivity index (χ4v) is 2.06. The van der Waals surface area contributed by atoms with Crippen molar-refractivity contribution in [2.24, 2.45) is 10.9 Å². The Balaban J connectivity index is 1.90. The molecule has 2 rings (SSSR count). The minimum absolute atomic E-state index is 1.04. The lowest BCUT2D eigenvalue weighted by molar-refractivity contribution is 0.148. The zero-order chi connectivity index (χ0) is 12.1. The van der Waals surface area contributed by atoms with Crippen molar-refractivity contribution in [1.82, 2.24) is 9.80 Å². The average Bonchev–Trinajstić information content (AvgIpc) is 2.35. The van der Waals surface area contributed by atoms with Crippen LogP contribution in [-0.2, 0) is 6.54 Å². The lowest BCUT2D eigenvalue weighted by Gasteiger charge is -2.32. The third-order valence-electron chi connectivity index (χ3n) is 3.21. The van der Waals surface area contributed by atoms with Gasteiger partial charge in [-0.1, -0.05) is 24.3 Å². The quantitative estimate of drug-likeness (QED) is 0.474. The first kappa shape index (κ1) is 12.1. The van der Waals surface area contributed by atoms with Crippen molar-refractivity contribution in [1.29, 1.82) is 0 Å². The monoisotopic (exact) mass is 232 g/mol. The van der Waals surface area contributed by atoms with Gasteiger partial charge in [-0.3, -0.25) is 4.90 Å². The normalized spacial score (nSPS) is 18.9. The van der Waals surface area contributed by atoms with Gasteiger partial charge in [-0.15, -0.1) is 0 Å². The summed E-state index contributed by atoms with van der Waals surface area (Å²) in [5.74, 6) is 5.12. The fourth-order valence-electron chi connectivity index (χ4n) is 2.06. The summed E-state index contributed by atoms with van der Waals surface area (Å²) in [6.45, 7) is 5.68. The van der Waals surface area contributed by atoms with E-state index in [-0.39, 0.29) is 0 Å². The number of likely N-dealkylation sites (N-methyl/N-ethyl adjacent to an activating group) is 1. The topological polar surface area (TPSA) is 44.9 Å². The predicted octanol–water partition coefficient (Wildman–Crippen LogP) is 0.727. The molecule has 1 heterocycles. The molecule has 0 aliphatic carbocycles. The van der Waals surface area contributed by atoms with Gasteiger partial charge in [0, 0.05) is 32.7 Å². The highest BCUT2D eigenvalue weighted by atomic mass is 15.2. The highest BCUT2D eigenvalue weighted by Gasteiger charge is 2.13. The minimum atomic E-state index is 1.04. The number of piperazine rings is 1. The van der Waals surface area contributed by atoms with Crippen LogP contribution in [0.25, 0.3) is 0 Å². The molecule has 4 nitrogen and oxygen atoms in total. The first-order valence-corrected chi connectivity index (χ1v) is 6.01. The molecule has 0 aromatic heterocycles. The van der Waals surface area contributed by atoms with E-state index in [0.717, 1.165) is 38.3 Å². The van der Waals surface area contributed by atoms with Gasteiger partial charge in [-0.2, -0.15) is 5.10 Å². The SMILES string of the molecule is CN1CCN(Cc2ccc(C=NN)cc2)CC1. The van der Waals surface area contributed by atoms with Crippen molar-refractivity contribution >= 4 is 6.21 Å². The van der Waals surface area contributed by atoms with Crippen LogP contribution < -0.4 is 5.84 Å². The molecule has 1 fully saturated rings. The Hall–Kier alpha value is -1.39. The van der Waals surface area contributed by atoms with Gasteiger partial charge in [0.25, 0.3) is 0 Å². The van der Waals surface area contributed by atoms with E-state index in [1.807, 2.05) is 0 Å². The van der Waals surface area contributed by atoms with Crippen LogP contribution in [0.2, 0.25) is 0 Å². The van der Waals surface area contributed by atoms with Gasteiger partial charge >= 0.3 is 0 Å². The summed E-state index contributed by atoms with van der Waals surface area (Å²) in [7, 11) is 2.18. The summed E-state index contributed by atoms with van der Waals surface area (Å²) in [6, 6.07) is 8.41. The lowest BCUT2D eigenvalue weighted by atomic mass is 10.1. The van der Waals surface area contributed by atoms with E-state index in [9.17, 15) is 0 Å². The molecular formula is C13H20N4. The number of benzene rings is 1. The molecule has 1 aromatic carbocycles. The summed E-state index contributed by atoms with van der Waals surface area (Å²) < 4.78 is 0. The molecule has 17 heavy (non-hydrogen) atoms. The molecular weight excluding hydrogens is 212 g/mol. The van der Waals surface area contributed by atoms with Gasteiger partial charge in [0.05, 0.1) is 6.21 Å². The third kappa shape index (κ3) is 3.54. The number of rotatable bonds is 3.